The van der Waals surface area contributed by atoms with Crippen LogP contribution in [-0.4, -0.2) is 16.3 Å². The summed E-state index contributed by atoms with van der Waals surface area (Å²) in [7, 11) is 0. The lowest BCUT2D eigenvalue weighted by molar-refractivity contribution is 0.335. The van der Waals surface area contributed by atoms with Crippen LogP contribution < -0.4 is 5.32 Å². The number of nitrogens with zero attached hydrogens (tertiary/aromatic N) is 2. The van der Waals surface area contributed by atoms with Gasteiger partial charge in [-0.2, -0.15) is 5.10 Å². The summed E-state index contributed by atoms with van der Waals surface area (Å²) in [5.74, 6) is 0.870. The molecule has 1 atom stereocenters. The molecule has 1 N–H and O–H groups in total. The van der Waals surface area contributed by atoms with Gasteiger partial charge in [0.2, 0.25) is 0 Å². The van der Waals surface area contributed by atoms with E-state index in [0.717, 1.165) is 18.9 Å². The van der Waals surface area contributed by atoms with E-state index in [9.17, 15) is 0 Å². The first-order valence-corrected chi connectivity index (χ1v) is 6.63. The van der Waals surface area contributed by atoms with Crippen LogP contribution in [0.5, 0.6) is 0 Å². The molecule has 1 aromatic heterocycles. The molecule has 1 saturated carbocycles. The van der Waals surface area contributed by atoms with E-state index < -0.39 is 0 Å². The molecule has 16 heavy (non-hydrogen) atoms. The van der Waals surface area contributed by atoms with E-state index in [0.29, 0.717) is 0 Å². The summed E-state index contributed by atoms with van der Waals surface area (Å²) in [5.41, 5.74) is 1.72. The van der Waals surface area contributed by atoms with E-state index in [2.05, 4.69) is 34.4 Å². The van der Waals surface area contributed by atoms with Crippen molar-refractivity contribution in [1.29, 1.82) is 0 Å². The van der Waals surface area contributed by atoms with Crippen molar-refractivity contribution in [3.8, 4) is 0 Å². The summed E-state index contributed by atoms with van der Waals surface area (Å²) in [6.45, 7) is 4.42. The minimum absolute atomic E-state index is 0.284. The van der Waals surface area contributed by atoms with Crippen LogP contribution in [0.3, 0.4) is 0 Å². The van der Waals surface area contributed by atoms with Crippen molar-refractivity contribution >= 4 is 0 Å². The van der Waals surface area contributed by atoms with Gasteiger partial charge in [0.1, 0.15) is 0 Å². The standard InChI is InChI=1S/C13H21N3/c1-2-8-16-10-12(9-15-16)13(11-4-5-11)6-3-7-14-13/h9-11,14H,2-8H2,1H3. The fourth-order valence-corrected chi connectivity index (χ4v) is 3.12. The zero-order valence-electron chi connectivity index (χ0n) is 10.1. The van der Waals surface area contributed by atoms with Gasteiger partial charge < -0.3 is 5.32 Å². The highest BCUT2D eigenvalue weighted by molar-refractivity contribution is 5.24. The van der Waals surface area contributed by atoms with Gasteiger partial charge in [0.05, 0.1) is 6.20 Å². The number of aryl methyl sites for hydroxylation is 1. The third-order valence-electron chi connectivity index (χ3n) is 4.06. The van der Waals surface area contributed by atoms with Crippen LogP contribution in [0.25, 0.3) is 0 Å². The Labute approximate surface area is 97.2 Å². The van der Waals surface area contributed by atoms with Crippen molar-refractivity contribution < 1.29 is 0 Å². The largest absolute Gasteiger partial charge is 0.307 e. The summed E-state index contributed by atoms with van der Waals surface area (Å²) in [5, 5.41) is 8.23. The Morgan fingerprint density at radius 1 is 1.56 bits per heavy atom. The van der Waals surface area contributed by atoms with E-state index in [1.165, 1.54) is 37.8 Å². The molecule has 1 unspecified atom stereocenters. The predicted octanol–water partition coefficient (Wildman–Crippen LogP) is 2.28. The maximum Gasteiger partial charge on any atom is 0.0540 e. The molecule has 1 aliphatic heterocycles. The lowest BCUT2D eigenvalue weighted by Crippen LogP contribution is -2.38. The van der Waals surface area contributed by atoms with Crippen molar-refractivity contribution in [2.45, 2.75) is 51.1 Å². The molecule has 2 heterocycles. The second-order valence-electron chi connectivity index (χ2n) is 5.27. The van der Waals surface area contributed by atoms with Gasteiger partial charge in [-0.15, -0.1) is 0 Å². The smallest absolute Gasteiger partial charge is 0.0540 e. The molecule has 0 radical (unpaired) electrons. The number of aromatic nitrogens is 2. The molecule has 0 amide bonds. The van der Waals surface area contributed by atoms with Crippen LogP contribution >= 0.6 is 0 Å². The molecule has 3 heteroatoms. The zero-order valence-corrected chi connectivity index (χ0v) is 10.1. The Kier molecular flexibility index (Phi) is 2.51. The van der Waals surface area contributed by atoms with Crippen LogP contribution in [0.2, 0.25) is 0 Å². The number of hydrogen-bond donors (Lipinski definition) is 1. The average molecular weight is 219 g/mol. The highest BCUT2D eigenvalue weighted by Gasteiger charge is 2.48. The highest BCUT2D eigenvalue weighted by atomic mass is 15.3. The van der Waals surface area contributed by atoms with Crippen LogP contribution in [0, 0.1) is 5.92 Å². The molecule has 88 valence electrons. The Morgan fingerprint density at radius 3 is 3.06 bits per heavy atom. The summed E-state index contributed by atoms with van der Waals surface area (Å²) in [6.07, 6.45) is 10.9. The molecule has 1 saturated heterocycles. The van der Waals surface area contributed by atoms with Crippen LogP contribution in [0.4, 0.5) is 0 Å². The molecule has 1 aliphatic carbocycles. The predicted molar refractivity (Wildman–Crippen MR) is 64.2 cm³/mol. The van der Waals surface area contributed by atoms with Crippen molar-refractivity contribution in [2.24, 2.45) is 5.92 Å². The number of rotatable bonds is 4. The molecule has 0 aromatic carbocycles. The summed E-state index contributed by atoms with van der Waals surface area (Å²) in [6, 6.07) is 0. The Morgan fingerprint density at radius 2 is 2.44 bits per heavy atom. The lowest BCUT2D eigenvalue weighted by atomic mass is 9.86. The van der Waals surface area contributed by atoms with E-state index in [1.54, 1.807) is 0 Å². The number of hydrogen-bond acceptors (Lipinski definition) is 2. The maximum absolute atomic E-state index is 4.48. The third-order valence-corrected chi connectivity index (χ3v) is 4.06. The summed E-state index contributed by atoms with van der Waals surface area (Å²) >= 11 is 0. The van der Waals surface area contributed by atoms with E-state index in [4.69, 9.17) is 0 Å². The van der Waals surface area contributed by atoms with Gasteiger partial charge in [-0.1, -0.05) is 6.92 Å². The first-order valence-electron chi connectivity index (χ1n) is 6.63. The first-order chi connectivity index (χ1) is 7.85. The van der Waals surface area contributed by atoms with Crippen molar-refractivity contribution in [3.05, 3.63) is 18.0 Å². The fourth-order valence-electron chi connectivity index (χ4n) is 3.12. The molecular weight excluding hydrogens is 198 g/mol. The first kappa shape index (κ1) is 10.3. The van der Waals surface area contributed by atoms with E-state index in [1.807, 2.05) is 0 Å². The van der Waals surface area contributed by atoms with E-state index in [-0.39, 0.29) is 5.54 Å². The third kappa shape index (κ3) is 1.58. The molecule has 2 fully saturated rings. The normalized spacial score (nSPS) is 29.8. The second-order valence-corrected chi connectivity index (χ2v) is 5.27. The van der Waals surface area contributed by atoms with Crippen LogP contribution in [0.1, 0.15) is 44.6 Å². The molecule has 2 aliphatic rings. The minimum atomic E-state index is 0.284. The van der Waals surface area contributed by atoms with Crippen molar-refractivity contribution in [1.82, 2.24) is 15.1 Å². The highest BCUT2D eigenvalue weighted by Crippen LogP contribution is 2.50. The van der Waals surface area contributed by atoms with Gasteiger partial charge >= 0.3 is 0 Å². The second kappa shape index (κ2) is 3.88. The average Bonchev–Trinajstić information content (AvgIpc) is 2.86. The topological polar surface area (TPSA) is 29.9 Å². The van der Waals surface area contributed by atoms with Crippen LogP contribution in [0.15, 0.2) is 12.4 Å². The fraction of sp³-hybridized carbons (Fsp3) is 0.769. The minimum Gasteiger partial charge on any atom is -0.307 e. The van der Waals surface area contributed by atoms with Gasteiger partial charge in [-0.3, -0.25) is 4.68 Å². The SMILES string of the molecule is CCCn1cc(C2(C3CC3)CCCN2)cn1. The molecule has 0 spiro atoms. The quantitative estimate of drug-likeness (QED) is 0.842. The van der Waals surface area contributed by atoms with Gasteiger partial charge in [-0.25, -0.2) is 0 Å². The Bertz CT molecular complexity index is 359. The molecular formula is C13H21N3. The lowest BCUT2D eigenvalue weighted by Gasteiger charge is -2.28. The molecule has 3 nitrogen and oxygen atoms in total. The van der Waals surface area contributed by atoms with Gasteiger partial charge in [-0.05, 0) is 44.6 Å². The molecule has 3 rings (SSSR count). The molecule has 0 bridgehead atoms. The van der Waals surface area contributed by atoms with Gasteiger partial charge in [0.15, 0.2) is 0 Å². The molecule has 1 aromatic rings. The van der Waals surface area contributed by atoms with Gasteiger partial charge in [0, 0.05) is 23.8 Å². The van der Waals surface area contributed by atoms with E-state index >= 15 is 0 Å². The van der Waals surface area contributed by atoms with Crippen molar-refractivity contribution in [2.75, 3.05) is 6.54 Å². The van der Waals surface area contributed by atoms with Crippen molar-refractivity contribution in [3.63, 3.8) is 0 Å². The maximum atomic E-state index is 4.48. The van der Waals surface area contributed by atoms with Gasteiger partial charge in [0.25, 0.3) is 0 Å². The Hall–Kier alpha value is -0.830. The Balaban J connectivity index is 1.87. The number of nitrogens with one attached hydrogen (secondary N) is 1. The summed E-state index contributed by atoms with van der Waals surface area (Å²) in [4.78, 5) is 0. The monoisotopic (exact) mass is 219 g/mol. The zero-order chi connectivity index (χ0) is 11.0. The summed E-state index contributed by atoms with van der Waals surface area (Å²) < 4.78 is 2.10. The van der Waals surface area contributed by atoms with Crippen LogP contribution in [-0.2, 0) is 12.1 Å².